The number of nitrogens with one attached hydrogen (secondary N) is 1. The molecule has 0 amide bonds. The minimum Gasteiger partial charge on any atom is -0.367 e. The molecule has 20 heavy (non-hydrogen) atoms. The first-order valence-electron chi connectivity index (χ1n) is 6.31. The normalized spacial score (nSPS) is 19.2. The third kappa shape index (κ3) is 2.83. The SMILES string of the molecule is Fc1ccc(Cc2nc(C3CNCCO3)no2)cc1F. The van der Waals surface area contributed by atoms with Crippen molar-refractivity contribution in [3.8, 4) is 0 Å². The molecule has 106 valence electrons. The van der Waals surface area contributed by atoms with E-state index in [-0.39, 0.29) is 12.5 Å². The third-order valence-corrected chi connectivity index (χ3v) is 3.04. The molecular formula is C13H13F2N3O2. The molecule has 1 aromatic carbocycles. The highest BCUT2D eigenvalue weighted by Crippen LogP contribution is 2.17. The maximum Gasteiger partial charge on any atom is 0.231 e. The van der Waals surface area contributed by atoms with Gasteiger partial charge in [0.05, 0.1) is 13.0 Å². The van der Waals surface area contributed by atoms with E-state index in [0.717, 1.165) is 18.7 Å². The van der Waals surface area contributed by atoms with Crippen molar-refractivity contribution in [3.05, 3.63) is 47.1 Å². The summed E-state index contributed by atoms with van der Waals surface area (Å²) in [6.45, 7) is 2.03. The molecule has 5 nitrogen and oxygen atoms in total. The quantitative estimate of drug-likeness (QED) is 0.926. The fourth-order valence-corrected chi connectivity index (χ4v) is 2.03. The Balaban J connectivity index is 1.71. The van der Waals surface area contributed by atoms with E-state index in [1.54, 1.807) is 0 Å². The number of benzene rings is 1. The Morgan fingerprint density at radius 1 is 1.30 bits per heavy atom. The molecule has 0 spiro atoms. The molecule has 1 atom stereocenters. The fourth-order valence-electron chi connectivity index (χ4n) is 2.03. The van der Waals surface area contributed by atoms with E-state index in [1.165, 1.54) is 6.07 Å². The zero-order chi connectivity index (χ0) is 13.9. The number of hydrogen-bond acceptors (Lipinski definition) is 5. The van der Waals surface area contributed by atoms with E-state index < -0.39 is 11.6 Å². The lowest BCUT2D eigenvalue weighted by molar-refractivity contribution is 0.0208. The van der Waals surface area contributed by atoms with E-state index in [9.17, 15) is 8.78 Å². The molecule has 2 aromatic rings. The van der Waals surface area contributed by atoms with Gasteiger partial charge in [0.25, 0.3) is 0 Å². The summed E-state index contributed by atoms with van der Waals surface area (Å²) in [5, 5.41) is 7.03. The summed E-state index contributed by atoms with van der Waals surface area (Å²) in [4.78, 5) is 4.22. The third-order valence-electron chi connectivity index (χ3n) is 3.04. The van der Waals surface area contributed by atoms with Gasteiger partial charge in [-0.25, -0.2) is 8.78 Å². The van der Waals surface area contributed by atoms with E-state index in [1.807, 2.05) is 0 Å². The number of halogens is 2. The smallest absolute Gasteiger partial charge is 0.231 e. The zero-order valence-electron chi connectivity index (χ0n) is 10.6. The lowest BCUT2D eigenvalue weighted by atomic mass is 10.1. The van der Waals surface area contributed by atoms with E-state index >= 15 is 0 Å². The topological polar surface area (TPSA) is 60.2 Å². The Morgan fingerprint density at radius 2 is 2.20 bits per heavy atom. The van der Waals surface area contributed by atoms with E-state index in [0.29, 0.717) is 30.4 Å². The average Bonchev–Trinajstić information content (AvgIpc) is 2.92. The number of morpholine rings is 1. The first-order valence-corrected chi connectivity index (χ1v) is 6.31. The lowest BCUT2D eigenvalue weighted by Gasteiger charge is -2.20. The molecule has 7 heteroatoms. The Bertz CT molecular complexity index is 597. The van der Waals surface area contributed by atoms with Crippen molar-refractivity contribution in [2.75, 3.05) is 19.7 Å². The monoisotopic (exact) mass is 281 g/mol. The van der Waals surface area contributed by atoms with Gasteiger partial charge in [0, 0.05) is 13.1 Å². The highest BCUT2D eigenvalue weighted by molar-refractivity contribution is 5.20. The second-order valence-electron chi connectivity index (χ2n) is 4.54. The van der Waals surface area contributed by atoms with Crippen molar-refractivity contribution in [3.63, 3.8) is 0 Å². The highest BCUT2D eigenvalue weighted by Gasteiger charge is 2.21. The summed E-state index contributed by atoms with van der Waals surface area (Å²) in [5.41, 5.74) is 0.571. The number of ether oxygens (including phenoxy) is 1. The maximum absolute atomic E-state index is 13.1. The van der Waals surface area contributed by atoms with Crippen LogP contribution in [0.5, 0.6) is 0 Å². The molecule has 1 fully saturated rings. The summed E-state index contributed by atoms with van der Waals surface area (Å²) in [5.74, 6) is -0.946. The largest absolute Gasteiger partial charge is 0.367 e. The summed E-state index contributed by atoms with van der Waals surface area (Å²) < 4.78 is 36.6. The van der Waals surface area contributed by atoms with Crippen LogP contribution >= 0.6 is 0 Å². The Morgan fingerprint density at radius 3 is 2.95 bits per heavy atom. The van der Waals surface area contributed by atoms with Gasteiger partial charge in [0.15, 0.2) is 11.6 Å². The molecule has 1 N–H and O–H groups in total. The Labute approximate surface area is 113 Å². The van der Waals surface area contributed by atoms with Gasteiger partial charge in [0.1, 0.15) is 6.10 Å². The summed E-state index contributed by atoms with van der Waals surface area (Å²) >= 11 is 0. The molecule has 1 aromatic heterocycles. The molecule has 0 radical (unpaired) electrons. The Kier molecular flexibility index (Phi) is 3.70. The van der Waals surface area contributed by atoms with Crippen LogP contribution in [0.4, 0.5) is 8.78 Å². The van der Waals surface area contributed by atoms with Crippen molar-refractivity contribution in [1.29, 1.82) is 0 Å². The maximum atomic E-state index is 13.1. The number of hydrogen-bond donors (Lipinski definition) is 1. The van der Waals surface area contributed by atoms with Gasteiger partial charge in [-0.3, -0.25) is 0 Å². The molecule has 1 aliphatic heterocycles. The number of aromatic nitrogens is 2. The number of nitrogens with zero attached hydrogens (tertiary/aromatic N) is 2. The van der Waals surface area contributed by atoms with Gasteiger partial charge in [0.2, 0.25) is 11.7 Å². The van der Waals surface area contributed by atoms with Crippen LogP contribution < -0.4 is 5.32 Å². The van der Waals surface area contributed by atoms with Crippen molar-refractivity contribution < 1.29 is 18.0 Å². The molecule has 2 heterocycles. The van der Waals surface area contributed by atoms with Gasteiger partial charge in [-0.1, -0.05) is 11.2 Å². The second-order valence-corrected chi connectivity index (χ2v) is 4.54. The summed E-state index contributed by atoms with van der Waals surface area (Å²) in [7, 11) is 0. The molecule has 1 aliphatic rings. The zero-order valence-corrected chi connectivity index (χ0v) is 10.6. The van der Waals surface area contributed by atoms with E-state index in [4.69, 9.17) is 9.26 Å². The van der Waals surface area contributed by atoms with E-state index in [2.05, 4.69) is 15.5 Å². The first-order chi connectivity index (χ1) is 9.72. The van der Waals surface area contributed by atoms with Crippen LogP contribution in [0.3, 0.4) is 0 Å². The summed E-state index contributed by atoms with van der Waals surface area (Å²) in [6.07, 6.45) is 0.0239. The van der Waals surface area contributed by atoms with Gasteiger partial charge < -0.3 is 14.6 Å². The van der Waals surface area contributed by atoms with Gasteiger partial charge >= 0.3 is 0 Å². The van der Waals surface area contributed by atoms with Crippen LogP contribution in [0.2, 0.25) is 0 Å². The molecule has 0 bridgehead atoms. The molecule has 3 rings (SSSR count). The van der Waals surface area contributed by atoms with Crippen LogP contribution in [0.25, 0.3) is 0 Å². The molecule has 1 unspecified atom stereocenters. The average molecular weight is 281 g/mol. The molecular weight excluding hydrogens is 268 g/mol. The van der Waals surface area contributed by atoms with Crippen LogP contribution in [-0.2, 0) is 11.2 Å². The number of rotatable bonds is 3. The van der Waals surface area contributed by atoms with Crippen LogP contribution in [0.1, 0.15) is 23.4 Å². The summed E-state index contributed by atoms with van der Waals surface area (Å²) in [6, 6.07) is 3.69. The first kappa shape index (κ1) is 13.1. The standard InChI is InChI=1S/C13H13F2N3O2/c14-9-2-1-8(5-10(9)15)6-12-17-13(18-20-12)11-7-16-3-4-19-11/h1-2,5,11,16H,3-4,6-7H2. The van der Waals surface area contributed by atoms with Crippen LogP contribution in [-0.4, -0.2) is 29.8 Å². The molecule has 1 saturated heterocycles. The van der Waals surface area contributed by atoms with Crippen molar-refractivity contribution in [1.82, 2.24) is 15.5 Å². The van der Waals surface area contributed by atoms with Gasteiger partial charge in [-0.15, -0.1) is 0 Å². The van der Waals surface area contributed by atoms with Crippen LogP contribution in [0.15, 0.2) is 22.7 Å². The molecule has 0 aliphatic carbocycles. The minimum absolute atomic E-state index is 0.230. The van der Waals surface area contributed by atoms with Crippen molar-refractivity contribution in [2.45, 2.75) is 12.5 Å². The second kappa shape index (κ2) is 5.64. The van der Waals surface area contributed by atoms with Crippen molar-refractivity contribution >= 4 is 0 Å². The molecule has 0 saturated carbocycles. The van der Waals surface area contributed by atoms with Crippen molar-refractivity contribution in [2.24, 2.45) is 0 Å². The fraction of sp³-hybridized carbons (Fsp3) is 0.385. The van der Waals surface area contributed by atoms with Gasteiger partial charge in [-0.05, 0) is 17.7 Å². The van der Waals surface area contributed by atoms with Crippen LogP contribution in [0, 0.1) is 11.6 Å². The van der Waals surface area contributed by atoms with Gasteiger partial charge in [-0.2, -0.15) is 4.98 Å². The predicted octanol–water partition coefficient (Wildman–Crippen LogP) is 1.60. The predicted molar refractivity (Wildman–Crippen MR) is 65.0 cm³/mol. The minimum atomic E-state index is -0.887. The highest BCUT2D eigenvalue weighted by atomic mass is 19.2. The Hall–Kier alpha value is -1.86. The lowest BCUT2D eigenvalue weighted by Crippen LogP contribution is -2.33.